The number of ketones is 1. The maximum atomic E-state index is 13.6. The normalized spacial score (nSPS) is 14.9. The van der Waals surface area contributed by atoms with Crippen molar-refractivity contribution in [3.8, 4) is 0 Å². The van der Waals surface area contributed by atoms with Crippen LogP contribution in [0.1, 0.15) is 46.7 Å². The molecule has 2 aromatic carbocycles. The molecule has 1 aliphatic carbocycles. The molecule has 0 saturated heterocycles. The molecule has 2 aromatic rings. The van der Waals surface area contributed by atoms with Gasteiger partial charge in [-0.05, 0) is 36.5 Å². The number of carbonyl (C=O) groups is 1. The van der Waals surface area contributed by atoms with Gasteiger partial charge in [0.2, 0.25) is 0 Å². The number of halogens is 2. The van der Waals surface area contributed by atoms with Crippen LogP contribution in [-0.2, 0) is 0 Å². The van der Waals surface area contributed by atoms with Gasteiger partial charge in [-0.25, -0.2) is 8.78 Å². The van der Waals surface area contributed by atoms with Crippen LogP contribution in [0.25, 0.3) is 0 Å². The van der Waals surface area contributed by atoms with Crippen molar-refractivity contribution in [1.29, 1.82) is 0 Å². The smallest absolute Gasteiger partial charge is 0.195 e. The van der Waals surface area contributed by atoms with E-state index in [4.69, 9.17) is 0 Å². The second kappa shape index (κ2) is 5.16. The van der Waals surface area contributed by atoms with Gasteiger partial charge < -0.3 is 0 Å². The summed E-state index contributed by atoms with van der Waals surface area (Å²) >= 11 is 0. The fourth-order valence-electron chi connectivity index (χ4n) is 2.48. The number of hydrogen-bond acceptors (Lipinski definition) is 1. The Bertz CT molecular complexity index is 643. The Labute approximate surface area is 116 Å². The van der Waals surface area contributed by atoms with Crippen molar-refractivity contribution >= 4 is 5.78 Å². The van der Waals surface area contributed by atoms with Crippen molar-refractivity contribution in [2.45, 2.75) is 25.2 Å². The third-order valence-electron chi connectivity index (χ3n) is 3.93. The van der Waals surface area contributed by atoms with Gasteiger partial charge >= 0.3 is 0 Å². The van der Waals surface area contributed by atoms with Gasteiger partial charge in [-0.3, -0.25) is 4.79 Å². The van der Waals surface area contributed by atoms with Crippen LogP contribution >= 0.6 is 0 Å². The quantitative estimate of drug-likeness (QED) is 0.754. The van der Waals surface area contributed by atoms with Gasteiger partial charge in [-0.15, -0.1) is 0 Å². The zero-order valence-electron chi connectivity index (χ0n) is 10.9. The highest BCUT2D eigenvalue weighted by Gasteiger charge is 2.20. The molecule has 1 aliphatic rings. The Balaban J connectivity index is 1.86. The van der Waals surface area contributed by atoms with Gasteiger partial charge in [0.15, 0.2) is 5.78 Å². The first-order chi connectivity index (χ1) is 9.65. The first-order valence-corrected chi connectivity index (χ1v) is 6.75. The van der Waals surface area contributed by atoms with Gasteiger partial charge in [0.1, 0.15) is 11.6 Å². The number of benzene rings is 2. The largest absolute Gasteiger partial charge is 0.288 e. The minimum absolute atomic E-state index is 0.0946. The summed E-state index contributed by atoms with van der Waals surface area (Å²) in [7, 11) is 0. The fourth-order valence-corrected chi connectivity index (χ4v) is 2.48. The van der Waals surface area contributed by atoms with Crippen LogP contribution < -0.4 is 0 Å². The minimum atomic E-state index is -0.821. The Morgan fingerprint density at radius 2 is 1.70 bits per heavy atom. The second-order valence-electron chi connectivity index (χ2n) is 5.20. The van der Waals surface area contributed by atoms with Crippen LogP contribution in [0.15, 0.2) is 42.5 Å². The van der Waals surface area contributed by atoms with Gasteiger partial charge in [0.25, 0.3) is 0 Å². The molecule has 0 aromatic heterocycles. The maximum absolute atomic E-state index is 13.6. The fraction of sp³-hybridized carbons (Fsp3) is 0.235. The molecule has 0 aliphatic heterocycles. The molecule has 3 heteroatoms. The molecule has 0 radical (unpaired) electrons. The summed E-state index contributed by atoms with van der Waals surface area (Å²) in [5.41, 5.74) is 1.56. The van der Waals surface area contributed by atoms with Crippen molar-refractivity contribution in [3.05, 3.63) is 70.8 Å². The van der Waals surface area contributed by atoms with Crippen LogP contribution in [0.2, 0.25) is 0 Å². The van der Waals surface area contributed by atoms with Crippen molar-refractivity contribution < 1.29 is 13.6 Å². The summed E-state index contributed by atoms with van der Waals surface area (Å²) in [6.45, 7) is 0. The van der Waals surface area contributed by atoms with E-state index in [0.717, 1.165) is 12.1 Å². The van der Waals surface area contributed by atoms with Crippen LogP contribution in [0, 0.1) is 11.6 Å². The second-order valence-corrected chi connectivity index (χ2v) is 5.20. The van der Waals surface area contributed by atoms with E-state index in [-0.39, 0.29) is 5.56 Å². The standard InChI is InChI=1S/C17H14F2O/c18-14-8-9-15(16(19)10-14)17(20)13-6-4-12(5-7-13)11-2-1-3-11/h4-11H,1-3H2. The predicted molar refractivity (Wildman–Crippen MR) is 72.8 cm³/mol. The molecule has 0 bridgehead atoms. The lowest BCUT2D eigenvalue weighted by Crippen LogP contribution is -2.09. The van der Waals surface area contributed by atoms with Crippen LogP contribution in [0.4, 0.5) is 8.78 Å². The molecule has 0 unspecified atom stereocenters. The summed E-state index contributed by atoms with van der Waals surface area (Å²) in [4.78, 5) is 12.2. The molecule has 0 heterocycles. The lowest BCUT2D eigenvalue weighted by atomic mass is 9.80. The molecule has 0 atom stereocenters. The highest BCUT2D eigenvalue weighted by atomic mass is 19.1. The molecular weight excluding hydrogens is 258 g/mol. The summed E-state index contributed by atoms with van der Waals surface area (Å²) in [5.74, 6) is -1.32. The van der Waals surface area contributed by atoms with Crippen LogP contribution in [-0.4, -0.2) is 5.78 Å². The van der Waals surface area contributed by atoms with Crippen molar-refractivity contribution in [3.63, 3.8) is 0 Å². The number of hydrogen-bond donors (Lipinski definition) is 0. The van der Waals surface area contributed by atoms with Crippen LogP contribution in [0.5, 0.6) is 0 Å². The molecule has 0 spiro atoms. The Morgan fingerprint density at radius 3 is 2.25 bits per heavy atom. The molecule has 1 saturated carbocycles. The van der Waals surface area contributed by atoms with Gasteiger partial charge in [-0.2, -0.15) is 0 Å². The van der Waals surface area contributed by atoms with Gasteiger partial charge in [0.05, 0.1) is 5.56 Å². The van der Waals surface area contributed by atoms with Crippen molar-refractivity contribution in [1.82, 2.24) is 0 Å². The summed E-state index contributed by atoms with van der Waals surface area (Å²) in [6, 6.07) is 10.3. The predicted octanol–water partition coefficient (Wildman–Crippen LogP) is 4.46. The first kappa shape index (κ1) is 13.0. The van der Waals surface area contributed by atoms with Crippen molar-refractivity contribution in [2.75, 3.05) is 0 Å². The monoisotopic (exact) mass is 272 g/mol. The van der Waals surface area contributed by atoms with E-state index < -0.39 is 17.4 Å². The topological polar surface area (TPSA) is 17.1 Å². The molecule has 0 N–H and O–H groups in total. The van der Waals surface area contributed by atoms with E-state index in [1.54, 1.807) is 12.1 Å². The summed E-state index contributed by atoms with van der Waals surface area (Å²) < 4.78 is 26.4. The van der Waals surface area contributed by atoms with E-state index >= 15 is 0 Å². The highest BCUT2D eigenvalue weighted by Crippen LogP contribution is 2.36. The molecule has 102 valence electrons. The minimum Gasteiger partial charge on any atom is -0.288 e. The van der Waals surface area contributed by atoms with E-state index in [1.807, 2.05) is 12.1 Å². The van der Waals surface area contributed by atoms with Crippen LogP contribution in [0.3, 0.4) is 0 Å². The molecule has 20 heavy (non-hydrogen) atoms. The van der Waals surface area contributed by atoms with E-state index in [2.05, 4.69) is 0 Å². The number of carbonyl (C=O) groups excluding carboxylic acids is 1. The highest BCUT2D eigenvalue weighted by molar-refractivity contribution is 6.09. The average molecular weight is 272 g/mol. The summed E-state index contributed by atoms with van der Waals surface area (Å²) in [6.07, 6.45) is 3.64. The molecule has 0 amide bonds. The lowest BCUT2D eigenvalue weighted by Gasteiger charge is -2.25. The number of rotatable bonds is 3. The first-order valence-electron chi connectivity index (χ1n) is 6.75. The molecule has 1 fully saturated rings. The maximum Gasteiger partial charge on any atom is 0.195 e. The lowest BCUT2D eigenvalue weighted by molar-refractivity contribution is 0.103. The average Bonchev–Trinajstić information content (AvgIpc) is 2.37. The van der Waals surface area contributed by atoms with E-state index in [0.29, 0.717) is 11.5 Å². The molecular formula is C17H14F2O. The zero-order valence-corrected chi connectivity index (χ0v) is 10.9. The molecule has 1 nitrogen and oxygen atoms in total. The third-order valence-corrected chi connectivity index (χ3v) is 3.93. The molecule has 3 rings (SSSR count). The summed E-state index contributed by atoms with van der Waals surface area (Å²) in [5, 5.41) is 0. The SMILES string of the molecule is O=C(c1ccc(C2CCC2)cc1)c1ccc(F)cc1F. The van der Waals surface area contributed by atoms with Gasteiger partial charge in [-0.1, -0.05) is 30.7 Å². The van der Waals surface area contributed by atoms with Crippen molar-refractivity contribution in [2.24, 2.45) is 0 Å². The zero-order chi connectivity index (χ0) is 14.1. The Hall–Kier alpha value is -2.03. The Morgan fingerprint density at radius 1 is 1.00 bits per heavy atom. The van der Waals surface area contributed by atoms with E-state index in [9.17, 15) is 13.6 Å². The third kappa shape index (κ3) is 2.36. The Kier molecular flexibility index (Phi) is 3.35. The van der Waals surface area contributed by atoms with Gasteiger partial charge in [0, 0.05) is 11.6 Å². The van der Waals surface area contributed by atoms with E-state index in [1.165, 1.54) is 30.9 Å².